The molecule has 1 rings (SSSR count). The predicted octanol–water partition coefficient (Wildman–Crippen LogP) is 2.20. The van der Waals surface area contributed by atoms with E-state index in [-0.39, 0.29) is 12.4 Å². The summed E-state index contributed by atoms with van der Waals surface area (Å²) < 4.78 is 0. The quantitative estimate of drug-likeness (QED) is 0.607. The Morgan fingerprint density at radius 1 is 0.810 bits per heavy atom. The fourth-order valence-electron chi connectivity index (χ4n) is 2.71. The summed E-state index contributed by atoms with van der Waals surface area (Å²) in [4.78, 5) is 0. The SMILES string of the molecule is CCCCCCCCCCCC([NH3+])c1ccc(C)cc1.[Cl-]. The summed E-state index contributed by atoms with van der Waals surface area (Å²) in [5, 5.41) is 0. The zero-order valence-corrected chi connectivity index (χ0v) is 14.8. The van der Waals surface area contributed by atoms with E-state index in [0.717, 1.165) is 0 Å². The fourth-order valence-corrected chi connectivity index (χ4v) is 2.71. The molecule has 0 aliphatic rings. The summed E-state index contributed by atoms with van der Waals surface area (Å²) in [5.41, 5.74) is 7.04. The summed E-state index contributed by atoms with van der Waals surface area (Å²) >= 11 is 0. The Morgan fingerprint density at radius 3 is 1.81 bits per heavy atom. The summed E-state index contributed by atoms with van der Waals surface area (Å²) in [6.07, 6.45) is 13.9. The Morgan fingerprint density at radius 2 is 1.29 bits per heavy atom. The van der Waals surface area contributed by atoms with Crippen molar-refractivity contribution in [3.63, 3.8) is 0 Å². The molecule has 1 atom stereocenters. The number of halogens is 1. The summed E-state index contributed by atoms with van der Waals surface area (Å²) in [7, 11) is 0. The van der Waals surface area contributed by atoms with Crippen LogP contribution in [-0.4, -0.2) is 0 Å². The van der Waals surface area contributed by atoms with Crippen LogP contribution in [0.4, 0.5) is 0 Å². The predicted molar refractivity (Wildman–Crippen MR) is 88.7 cm³/mol. The maximum Gasteiger partial charge on any atom is 0.110 e. The lowest BCUT2D eigenvalue weighted by Crippen LogP contribution is -3.00. The number of aryl methyl sites for hydroxylation is 1. The van der Waals surface area contributed by atoms with E-state index in [1.165, 1.54) is 75.3 Å². The van der Waals surface area contributed by atoms with Crippen LogP contribution < -0.4 is 18.1 Å². The highest BCUT2D eigenvalue weighted by atomic mass is 35.5. The van der Waals surface area contributed by atoms with Gasteiger partial charge in [0.1, 0.15) is 6.04 Å². The Kier molecular flexibility index (Phi) is 12.8. The van der Waals surface area contributed by atoms with Gasteiger partial charge >= 0.3 is 0 Å². The van der Waals surface area contributed by atoms with E-state index in [1.54, 1.807) is 0 Å². The van der Waals surface area contributed by atoms with E-state index < -0.39 is 0 Å². The Bertz CT molecular complexity index is 334. The molecule has 122 valence electrons. The third kappa shape index (κ3) is 9.92. The molecular weight excluding hydrogens is 278 g/mol. The van der Waals surface area contributed by atoms with Crippen LogP contribution in [-0.2, 0) is 0 Å². The van der Waals surface area contributed by atoms with Crippen molar-refractivity contribution < 1.29 is 18.1 Å². The molecule has 0 aliphatic carbocycles. The van der Waals surface area contributed by atoms with Crippen LogP contribution in [0.2, 0.25) is 0 Å². The first-order valence-corrected chi connectivity index (χ1v) is 8.63. The van der Waals surface area contributed by atoms with Crippen LogP contribution in [0.5, 0.6) is 0 Å². The van der Waals surface area contributed by atoms with Crippen molar-refractivity contribution in [3.8, 4) is 0 Å². The molecule has 3 N–H and O–H groups in total. The van der Waals surface area contributed by atoms with Crippen LogP contribution >= 0.6 is 0 Å². The minimum absolute atomic E-state index is 0. The molecule has 0 spiro atoms. The third-order valence-corrected chi connectivity index (χ3v) is 4.20. The van der Waals surface area contributed by atoms with E-state index in [9.17, 15) is 0 Å². The molecule has 0 bridgehead atoms. The number of hydrogen-bond acceptors (Lipinski definition) is 0. The van der Waals surface area contributed by atoms with E-state index in [1.807, 2.05) is 0 Å². The molecule has 1 aromatic rings. The molecule has 1 aromatic carbocycles. The van der Waals surface area contributed by atoms with Crippen molar-refractivity contribution in [2.75, 3.05) is 0 Å². The molecule has 2 heteroatoms. The Balaban J connectivity index is 0.00000400. The molecule has 1 nitrogen and oxygen atoms in total. The first-order valence-electron chi connectivity index (χ1n) is 8.63. The lowest BCUT2D eigenvalue weighted by Gasteiger charge is -2.09. The number of benzene rings is 1. The Labute approximate surface area is 138 Å². The van der Waals surface area contributed by atoms with E-state index in [0.29, 0.717) is 6.04 Å². The number of rotatable bonds is 11. The van der Waals surface area contributed by atoms with Crippen molar-refractivity contribution in [2.24, 2.45) is 0 Å². The molecule has 0 radical (unpaired) electrons. The second-order valence-corrected chi connectivity index (χ2v) is 6.22. The second-order valence-electron chi connectivity index (χ2n) is 6.22. The van der Waals surface area contributed by atoms with Crippen LogP contribution in [0.15, 0.2) is 24.3 Å². The van der Waals surface area contributed by atoms with Gasteiger partial charge in [-0.2, -0.15) is 0 Å². The lowest BCUT2D eigenvalue weighted by molar-refractivity contribution is -0.428. The van der Waals surface area contributed by atoms with Crippen molar-refractivity contribution >= 4 is 0 Å². The zero-order valence-electron chi connectivity index (χ0n) is 14.0. The minimum Gasteiger partial charge on any atom is -1.00 e. The van der Waals surface area contributed by atoms with Gasteiger partial charge in [0.2, 0.25) is 0 Å². The zero-order chi connectivity index (χ0) is 14.6. The average Bonchev–Trinajstić information content (AvgIpc) is 2.46. The maximum atomic E-state index is 4.31. The van der Waals surface area contributed by atoms with Gasteiger partial charge in [-0.05, 0) is 13.3 Å². The van der Waals surface area contributed by atoms with Gasteiger partial charge in [-0.3, -0.25) is 0 Å². The largest absolute Gasteiger partial charge is 1.00 e. The number of hydrogen-bond donors (Lipinski definition) is 1. The first-order chi connectivity index (χ1) is 9.74. The molecule has 0 saturated carbocycles. The van der Waals surface area contributed by atoms with Gasteiger partial charge in [-0.1, -0.05) is 88.1 Å². The molecule has 21 heavy (non-hydrogen) atoms. The molecule has 0 saturated heterocycles. The first kappa shape index (κ1) is 20.5. The average molecular weight is 312 g/mol. The molecule has 0 aliphatic heterocycles. The molecule has 1 unspecified atom stereocenters. The van der Waals surface area contributed by atoms with Gasteiger partial charge in [0, 0.05) is 12.0 Å². The smallest absolute Gasteiger partial charge is 0.110 e. The highest BCUT2D eigenvalue weighted by Crippen LogP contribution is 2.17. The van der Waals surface area contributed by atoms with Crippen molar-refractivity contribution in [3.05, 3.63) is 35.4 Å². The van der Waals surface area contributed by atoms with Gasteiger partial charge in [0.05, 0.1) is 0 Å². The van der Waals surface area contributed by atoms with Gasteiger partial charge < -0.3 is 18.1 Å². The lowest BCUT2D eigenvalue weighted by atomic mass is 9.99. The standard InChI is InChI=1S/C19H33N.ClH/c1-3-4-5-6-7-8-9-10-11-12-19(20)18-15-13-17(2)14-16-18;/h13-16,19H,3-12,20H2,1-2H3;1H. The molecule has 0 aromatic heterocycles. The summed E-state index contributed by atoms with van der Waals surface area (Å²) in [5.74, 6) is 0. The van der Waals surface area contributed by atoms with Gasteiger partial charge in [0.25, 0.3) is 0 Å². The van der Waals surface area contributed by atoms with Crippen LogP contribution in [0.3, 0.4) is 0 Å². The highest BCUT2D eigenvalue weighted by molar-refractivity contribution is 5.22. The van der Waals surface area contributed by atoms with Crippen LogP contribution in [0.25, 0.3) is 0 Å². The van der Waals surface area contributed by atoms with E-state index in [4.69, 9.17) is 0 Å². The summed E-state index contributed by atoms with van der Waals surface area (Å²) in [6, 6.07) is 9.34. The Hall–Kier alpha value is -0.530. The number of quaternary nitrogens is 1. The molecule has 0 heterocycles. The van der Waals surface area contributed by atoms with Crippen LogP contribution in [0, 0.1) is 6.92 Å². The van der Waals surface area contributed by atoms with Crippen molar-refractivity contribution in [1.82, 2.24) is 0 Å². The molecule has 0 fully saturated rings. The van der Waals surface area contributed by atoms with Gasteiger partial charge in [-0.25, -0.2) is 0 Å². The normalized spacial score (nSPS) is 12.0. The van der Waals surface area contributed by atoms with Crippen molar-refractivity contribution in [2.45, 2.75) is 84.1 Å². The van der Waals surface area contributed by atoms with E-state index in [2.05, 4.69) is 43.8 Å². The van der Waals surface area contributed by atoms with Gasteiger partial charge in [0.15, 0.2) is 0 Å². The molecular formula is C19H34ClN. The van der Waals surface area contributed by atoms with Crippen molar-refractivity contribution in [1.29, 1.82) is 0 Å². The van der Waals surface area contributed by atoms with Gasteiger partial charge in [-0.15, -0.1) is 0 Å². The topological polar surface area (TPSA) is 27.6 Å². The minimum atomic E-state index is 0. The summed E-state index contributed by atoms with van der Waals surface area (Å²) in [6.45, 7) is 4.42. The van der Waals surface area contributed by atoms with E-state index >= 15 is 0 Å². The van der Waals surface area contributed by atoms with Crippen LogP contribution in [0.1, 0.15) is 88.3 Å². The monoisotopic (exact) mass is 311 g/mol. The highest BCUT2D eigenvalue weighted by Gasteiger charge is 2.08. The third-order valence-electron chi connectivity index (χ3n) is 4.20. The molecule has 0 amide bonds. The second kappa shape index (κ2) is 13.2. The number of unbranched alkanes of at least 4 members (excludes halogenated alkanes) is 8. The fraction of sp³-hybridized carbons (Fsp3) is 0.684. The maximum absolute atomic E-state index is 4.31.